The molecule has 0 aliphatic rings. The van der Waals surface area contributed by atoms with E-state index in [-0.39, 0.29) is 11.7 Å². The molecule has 116 valence electrons. The Labute approximate surface area is 129 Å². The molecule has 1 amide bonds. The summed E-state index contributed by atoms with van der Waals surface area (Å²) in [5, 5.41) is 11.8. The molecular weight excluding hydrogens is 282 g/mol. The number of nitrogens with one attached hydrogen (secondary N) is 1. The molecule has 0 unspecified atom stereocenters. The van der Waals surface area contributed by atoms with Crippen molar-refractivity contribution in [2.45, 2.75) is 33.1 Å². The van der Waals surface area contributed by atoms with Crippen LogP contribution in [0.15, 0.2) is 34.7 Å². The topological polar surface area (TPSA) is 79.5 Å². The van der Waals surface area contributed by atoms with Gasteiger partial charge >= 0.3 is 5.97 Å². The van der Waals surface area contributed by atoms with Crippen molar-refractivity contribution in [3.05, 3.63) is 41.7 Å². The molecule has 0 aliphatic carbocycles. The second-order valence-corrected chi connectivity index (χ2v) is 5.10. The van der Waals surface area contributed by atoms with E-state index in [0.29, 0.717) is 17.9 Å². The van der Waals surface area contributed by atoms with Crippen molar-refractivity contribution < 1.29 is 19.1 Å². The number of unbranched alkanes of at least 4 members (excludes halogenated alkanes) is 1. The third-order valence-corrected chi connectivity index (χ3v) is 3.45. The Kier molecular flexibility index (Phi) is 4.99. The summed E-state index contributed by atoms with van der Waals surface area (Å²) >= 11 is 0. The van der Waals surface area contributed by atoms with E-state index in [1.165, 1.54) is 6.07 Å². The molecule has 1 aromatic heterocycles. The molecule has 1 heterocycles. The average molecular weight is 301 g/mol. The Hall–Kier alpha value is -2.56. The van der Waals surface area contributed by atoms with Gasteiger partial charge in [-0.15, -0.1) is 0 Å². The van der Waals surface area contributed by atoms with Crippen molar-refractivity contribution in [3.63, 3.8) is 0 Å². The van der Waals surface area contributed by atoms with E-state index in [1.54, 1.807) is 12.1 Å². The Bertz CT molecular complexity index is 688. The molecule has 5 nitrogen and oxygen atoms in total. The highest BCUT2D eigenvalue weighted by molar-refractivity contribution is 5.92. The summed E-state index contributed by atoms with van der Waals surface area (Å²) in [5.74, 6) is -0.757. The van der Waals surface area contributed by atoms with Gasteiger partial charge in [0.25, 0.3) is 0 Å². The lowest BCUT2D eigenvalue weighted by molar-refractivity contribution is -0.116. The van der Waals surface area contributed by atoms with Gasteiger partial charge in [0.2, 0.25) is 11.7 Å². The van der Waals surface area contributed by atoms with Crippen LogP contribution in [-0.2, 0) is 4.79 Å². The van der Waals surface area contributed by atoms with Crippen molar-refractivity contribution in [2.24, 2.45) is 0 Å². The molecule has 0 aliphatic heterocycles. The lowest BCUT2D eigenvalue weighted by atomic mass is 10.0. The molecule has 5 heteroatoms. The van der Waals surface area contributed by atoms with E-state index in [2.05, 4.69) is 5.32 Å². The third kappa shape index (κ3) is 3.55. The number of hydrogen-bond acceptors (Lipinski definition) is 3. The highest BCUT2D eigenvalue weighted by atomic mass is 16.4. The second-order valence-electron chi connectivity index (χ2n) is 5.10. The van der Waals surface area contributed by atoms with Crippen LogP contribution < -0.4 is 5.32 Å². The van der Waals surface area contributed by atoms with Crippen LogP contribution in [0.4, 0.5) is 5.69 Å². The Balaban J connectivity index is 2.25. The molecule has 0 radical (unpaired) electrons. The number of benzene rings is 1. The number of amides is 1. The third-order valence-electron chi connectivity index (χ3n) is 3.45. The van der Waals surface area contributed by atoms with Gasteiger partial charge in [-0.05, 0) is 37.1 Å². The van der Waals surface area contributed by atoms with E-state index in [0.717, 1.165) is 24.0 Å². The molecule has 0 saturated carbocycles. The number of carboxylic acid groups (broad SMARTS) is 1. The number of carboxylic acids is 1. The molecule has 22 heavy (non-hydrogen) atoms. The summed E-state index contributed by atoms with van der Waals surface area (Å²) in [7, 11) is 0. The molecule has 1 aromatic carbocycles. The van der Waals surface area contributed by atoms with Crippen LogP contribution in [0.1, 0.15) is 42.3 Å². The number of hydrogen-bond donors (Lipinski definition) is 2. The summed E-state index contributed by atoms with van der Waals surface area (Å²) in [6.07, 6.45) is 2.31. The van der Waals surface area contributed by atoms with Crippen molar-refractivity contribution in [1.82, 2.24) is 0 Å². The summed E-state index contributed by atoms with van der Waals surface area (Å²) in [4.78, 5) is 22.7. The van der Waals surface area contributed by atoms with Gasteiger partial charge in [-0.25, -0.2) is 4.79 Å². The highest BCUT2D eigenvalue weighted by Gasteiger charge is 2.14. The zero-order chi connectivity index (χ0) is 16.1. The van der Waals surface area contributed by atoms with E-state index < -0.39 is 5.97 Å². The SMILES string of the molecule is CCCCC(=O)Nc1cccc(-c2ccc(C(=O)O)o2)c1C. The number of carbonyl (C=O) groups is 2. The standard InChI is InChI=1S/C17H19NO4/c1-3-4-8-16(19)18-13-7-5-6-12(11(13)2)14-9-10-15(22-14)17(20)21/h5-7,9-10H,3-4,8H2,1-2H3,(H,18,19)(H,20,21). The molecule has 2 N–H and O–H groups in total. The number of rotatable bonds is 6. The van der Waals surface area contributed by atoms with Gasteiger partial charge in [-0.2, -0.15) is 0 Å². The summed E-state index contributed by atoms with van der Waals surface area (Å²) in [5.41, 5.74) is 2.33. The van der Waals surface area contributed by atoms with E-state index >= 15 is 0 Å². The Morgan fingerprint density at radius 3 is 2.64 bits per heavy atom. The fraction of sp³-hybridized carbons (Fsp3) is 0.294. The molecule has 0 atom stereocenters. The number of furan rings is 1. The minimum absolute atomic E-state index is 0.0206. The maximum absolute atomic E-state index is 11.9. The maximum Gasteiger partial charge on any atom is 0.371 e. The van der Waals surface area contributed by atoms with Gasteiger partial charge in [0, 0.05) is 17.7 Å². The van der Waals surface area contributed by atoms with Gasteiger partial charge < -0.3 is 14.8 Å². The zero-order valence-corrected chi connectivity index (χ0v) is 12.7. The number of carbonyl (C=O) groups excluding carboxylic acids is 1. The van der Waals surface area contributed by atoms with Gasteiger partial charge in [0.1, 0.15) is 5.76 Å². The molecule has 0 fully saturated rings. The fourth-order valence-electron chi connectivity index (χ4n) is 2.19. The summed E-state index contributed by atoms with van der Waals surface area (Å²) in [6.45, 7) is 3.91. The number of aromatic carboxylic acids is 1. The lowest BCUT2D eigenvalue weighted by Gasteiger charge is -2.11. The molecular formula is C17H19NO4. The van der Waals surface area contributed by atoms with Gasteiger partial charge in [0.15, 0.2) is 0 Å². The zero-order valence-electron chi connectivity index (χ0n) is 12.7. The lowest BCUT2D eigenvalue weighted by Crippen LogP contribution is -2.12. The second kappa shape index (κ2) is 6.93. The predicted molar refractivity (Wildman–Crippen MR) is 84.0 cm³/mol. The van der Waals surface area contributed by atoms with E-state index in [1.807, 2.05) is 26.0 Å². The number of anilines is 1. The van der Waals surface area contributed by atoms with Crippen molar-refractivity contribution >= 4 is 17.6 Å². The van der Waals surface area contributed by atoms with E-state index in [4.69, 9.17) is 9.52 Å². The van der Waals surface area contributed by atoms with Crippen molar-refractivity contribution in [3.8, 4) is 11.3 Å². The van der Waals surface area contributed by atoms with Crippen molar-refractivity contribution in [2.75, 3.05) is 5.32 Å². The average Bonchev–Trinajstić information content (AvgIpc) is 2.97. The molecule has 0 saturated heterocycles. The van der Waals surface area contributed by atoms with E-state index in [9.17, 15) is 9.59 Å². The fourth-order valence-corrected chi connectivity index (χ4v) is 2.19. The van der Waals surface area contributed by atoms with Crippen LogP contribution in [0.2, 0.25) is 0 Å². The predicted octanol–water partition coefficient (Wildman–Crippen LogP) is 4.08. The Morgan fingerprint density at radius 2 is 2.00 bits per heavy atom. The van der Waals surface area contributed by atoms with Crippen LogP contribution in [0, 0.1) is 6.92 Å². The minimum Gasteiger partial charge on any atom is -0.475 e. The highest BCUT2D eigenvalue weighted by Crippen LogP contribution is 2.30. The van der Waals surface area contributed by atoms with Gasteiger partial charge in [-0.3, -0.25) is 4.79 Å². The first-order valence-corrected chi connectivity index (χ1v) is 7.26. The van der Waals surface area contributed by atoms with Crippen molar-refractivity contribution in [1.29, 1.82) is 0 Å². The first-order valence-electron chi connectivity index (χ1n) is 7.26. The minimum atomic E-state index is -1.10. The van der Waals surface area contributed by atoms with Crippen LogP contribution in [0.3, 0.4) is 0 Å². The van der Waals surface area contributed by atoms with Crippen LogP contribution in [-0.4, -0.2) is 17.0 Å². The normalized spacial score (nSPS) is 10.5. The smallest absolute Gasteiger partial charge is 0.371 e. The van der Waals surface area contributed by atoms with Gasteiger partial charge in [0.05, 0.1) is 0 Å². The Morgan fingerprint density at radius 1 is 1.23 bits per heavy atom. The maximum atomic E-state index is 11.9. The molecule has 0 bridgehead atoms. The summed E-state index contributed by atoms with van der Waals surface area (Å²) < 4.78 is 5.32. The van der Waals surface area contributed by atoms with Gasteiger partial charge in [-0.1, -0.05) is 25.5 Å². The van der Waals surface area contributed by atoms with Crippen LogP contribution >= 0.6 is 0 Å². The van der Waals surface area contributed by atoms with Crippen LogP contribution in [0.5, 0.6) is 0 Å². The molecule has 0 spiro atoms. The monoisotopic (exact) mass is 301 g/mol. The summed E-state index contributed by atoms with van der Waals surface area (Å²) in [6, 6.07) is 8.50. The largest absolute Gasteiger partial charge is 0.475 e. The first kappa shape index (κ1) is 15.8. The molecule has 2 aromatic rings. The van der Waals surface area contributed by atoms with Crippen LogP contribution in [0.25, 0.3) is 11.3 Å². The first-order chi connectivity index (χ1) is 10.5. The molecule has 2 rings (SSSR count). The quantitative estimate of drug-likeness (QED) is 0.842.